The lowest BCUT2D eigenvalue weighted by molar-refractivity contribution is -0.384. The van der Waals surface area contributed by atoms with Crippen LogP contribution in [0.3, 0.4) is 0 Å². The van der Waals surface area contributed by atoms with Crippen molar-refractivity contribution < 1.29 is 4.92 Å². The van der Waals surface area contributed by atoms with Gasteiger partial charge in [-0.1, -0.05) is 54.1 Å². The number of aromatic amines is 1. The quantitative estimate of drug-likeness (QED) is 0.233. The van der Waals surface area contributed by atoms with Gasteiger partial charge in [-0.3, -0.25) is 10.1 Å². The Hall–Kier alpha value is -4.29. The van der Waals surface area contributed by atoms with Gasteiger partial charge in [0.05, 0.1) is 27.2 Å². The number of fused-ring (bicyclic) bond motifs is 2. The van der Waals surface area contributed by atoms with Crippen LogP contribution in [0.1, 0.15) is 0 Å². The fraction of sp³-hybridized carbons (Fsp3) is 0. The van der Waals surface area contributed by atoms with Crippen molar-refractivity contribution in [3.63, 3.8) is 0 Å². The van der Waals surface area contributed by atoms with E-state index in [4.69, 9.17) is 21.6 Å². The molecule has 0 saturated heterocycles. The molecule has 0 aliphatic rings. The Balaban J connectivity index is 1.92. The standard InChI is InChI=1S/C26H17ClN4O2/c27-19-12-15-22-21(16-19)25(17-6-2-1-3-7-17)28-23-8-4-5-9-24(23)30-26(29-22)18-10-13-20(14-11-18)31(32)33/h1-16,28H. The van der Waals surface area contributed by atoms with E-state index >= 15 is 0 Å². The molecule has 6 nitrogen and oxygen atoms in total. The zero-order valence-electron chi connectivity index (χ0n) is 17.3. The van der Waals surface area contributed by atoms with Gasteiger partial charge in [-0.05, 0) is 48.0 Å². The van der Waals surface area contributed by atoms with E-state index in [0.717, 1.165) is 22.2 Å². The summed E-state index contributed by atoms with van der Waals surface area (Å²) in [7, 11) is 0. The molecule has 7 heteroatoms. The van der Waals surface area contributed by atoms with E-state index < -0.39 is 4.92 Å². The second-order valence-corrected chi connectivity index (χ2v) is 7.83. The van der Waals surface area contributed by atoms with Crippen molar-refractivity contribution in [1.29, 1.82) is 0 Å². The number of hydrogen-bond donors (Lipinski definition) is 1. The Labute approximate surface area is 194 Å². The molecule has 0 fully saturated rings. The van der Waals surface area contributed by atoms with Crippen LogP contribution < -0.4 is 0 Å². The summed E-state index contributed by atoms with van der Waals surface area (Å²) in [5.74, 6) is 0.442. The minimum atomic E-state index is -0.427. The Morgan fingerprint density at radius 2 is 1.45 bits per heavy atom. The van der Waals surface area contributed by atoms with Crippen LogP contribution >= 0.6 is 11.6 Å². The Morgan fingerprint density at radius 3 is 2.21 bits per heavy atom. The van der Waals surface area contributed by atoms with E-state index in [2.05, 4.69) is 4.98 Å². The molecular weight excluding hydrogens is 436 g/mol. The summed E-state index contributed by atoms with van der Waals surface area (Å²) in [4.78, 5) is 23.9. The van der Waals surface area contributed by atoms with Crippen molar-refractivity contribution in [2.75, 3.05) is 0 Å². The predicted octanol–water partition coefficient (Wildman–Crippen LogP) is 7.13. The van der Waals surface area contributed by atoms with Gasteiger partial charge < -0.3 is 4.98 Å². The van der Waals surface area contributed by atoms with Crippen LogP contribution in [0.2, 0.25) is 5.02 Å². The Kier molecular flexibility index (Phi) is 5.42. The molecule has 4 aromatic carbocycles. The van der Waals surface area contributed by atoms with Gasteiger partial charge in [0.25, 0.3) is 5.69 Å². The summed E-state index contributed by atoms with van der Waals surface area (Å²) in [5, 5.41) is 12.5. The highest BCUT2D eigenvalue weighted by Crippen LogP contribution is 2.29. The van der Waals surface area contributed by atoms with Crippen LogP contribution in [0, 0.1) is 10.1 Å². The number of non-ortho nitro benzene ring substituents is 1. The number of nitro benzene ring substituents is 1. The van der Waals surface area contributed by atoms with E-state index in [1.165, 1.54) is 12.1 Å². The summed E-state index contributed by atoms with van der Waals surface area (Å²) in [6.45, 7) is 0. The maximum atomic E-state index is 11.1. The molecule has 1 aromatic heterocycles. The number of hydrogen-bond acceptors (Lipinski definition) is 4. The lowest BCUT2D eigenvalue weighted by Gasteiger charge is -2.05. The van der Waals surface area contributed by atoms with Crippen molar-refractivity contribution >= 4 is 39.2 Å². The molecular formula is C26H17ClN4O2. The van der Waals surface area contributed by atoms with Gasteiger partial charge in [0, 0.05) is 28.1 Å². The maximum Gasteiger partial charge on any atom is 0.269 e. The van der Waals surface area contributed by atoms with Crippen LogP contribution in [0.25, 0.3) is 44.6 Å². The molecule has 0 amide bonds. The molecule has 0 aliphatic carbocycles. The SMILES string of the molecule is O=[N+]([O-])c1ccc(-c2nc3ccccc3[nH]c(-c3ccccc3)c3cc(Cl)ccc3n2)cc1. The highest BCUT2D eigenvalue weighted by molar-refractivity contribution is 6.31. The first-order valence-electron chi connectivity index (χ1n) is 10.2. The number of aromatic nitrogens is 3. The van der Waals surface area contributed by atoms with E-state index in [1.807, 2.05) is 66.7 Å². The number of halogens is 1. The highest BCUT2D eigenvalue weighted by Gasteiger charge is 2.10. The first kappa shape index (κ1) is 20.6. The molecule has 0 bridgehead atoms. The fourth-order valence-corrected chi connectivity index (χ4v) is 3.80. The third kappa shape index (κ3) is 4.24. The van der Waals surface area contributed by atoms with Gasteiger partial charge in [-0.25, -0.2) is 9.97 Å². The molecule has 0 atom stereocenters. The average Bonchev–Trinajstić information content (AvgIpc) is 2.91. The van der Waals surface area contributed by atoms with Crippen molar-refractivity contribution in [1.82, 2.24) is 15.0 Å². The molecule has 1 heterocycles. The first-order valence-corrected chi connectivity index (χ1v) is 10.6. The monoisotopic (exact) mass is 452 g/mol. The lowest BCUT2D eigenvalue weighted by atomic mass is 10.1. The number of para-hydroxylation sites is 2. The van der Waals surface area contributed by atoms with Gasteiger partial charge in [0.2, 0.25) is 0 Å². The fourth-order valence-electron chi connectivity index (χ4n) is 3.63. The van der Waals surface area contributed by atoms with Gasteiger partial charge in [0.1, 0.15) is 0 Å². The minimum Gasteiger partial charge on any atom is -0.353 e. The predicted molar refractivity (Wildman–Crippen MR) is 132 cm³/mol. The maximum absolute atomic E-state index is 11.1. The zero-order valence-corrected chi connectivity index (χ0v) is 18.0. The van der Waals surface area contributed by atoms with Crippen molar-refractivity contribution in [3.8, 4) is 22.6 Å². The topological polar surface area (TPSA) is 84.7 Å². The smallest absolute Gasteiger partial charge is 0.269 e. The third-order valence-corrected chi connectivity index (χ3v) is 5.48. The number of H-pyrrole nitrogens is 1. The molecule has 0 unspecified atom stereocenters. The minimum absolute atomic E-state index is 0.0105. The molecule has 0 spiro atoms. The highest BCUT2D eigenvalue weighted by atomic mass is 35.5. The molecule has 0 aliphatic heterocycles. The largest absolute Gasteiger partial charge is 0.353 e. The second kappa shape index (κ2) is 8.68. The molecule has 33 heavy (non-hydrogen) atoms. The molecule has 0 radical (unpaired) electrons. The summed E-state index contributed by atoms with van der Waals surface area (Å²) >= 11 is 6.39. The zero-order chi connectivity index (χ0) is 22.8. The van der Waals surface area contributed by atoms with Crippen LogP contribution in [0.5, 0.6) is 0 Å². The number of rotatable bonds is 3. The van der Waals surface area contributed by atoms with Gasteiger partial charge in [0.15, 0.2) is 5.82 Å². The second-order valence-electron chi connectivity index (χ2n) is 7.40. The molecule has 1 N–H and O–H groups in total. The lowest BCUT2D eigenvalue weighted by Crippen LogP contribution is -1.90. The summed E-state index contributed by atoms with van der Waals surface area (Å²) in [6, 6.07) is 29.4. The summed E-state index contributed by atoms with van der Waals surface area (Å²) in [6.07, 6.45) is 0. The van der Waals surface area contributed by atoms with Crippen LogP contribution in [-0.4, -0.2) is 19.9 Å². The Bertz CT molecular complexity index is 1550. The van der Waals surface area contributed by atoms with E-state index in [9.17, 15) is 10.1 Å². The Morgan fingerprint density at radius 1 is 0.758 bits per heavy atom. The van der Waals surface area contributed by atoms with Crippen LogP contribution in [-0.2, 0) is 0 Å². The van der Waals surface area contributed by atoms with Gasteiger partial charge in [-0.2, -0.15) is 0 Å². The van der Waals surface area contributed by atoms with E-state index in [-0.39, 0.29) is 5.69 Å². The summed E-state index contributed by atoms with van der Waals surface area (Å²) in [5.41, 5.74) is 4.68. The first-order chi connectivity index (χ1) is 16.1. The van der Waals surface area contributed by atoms with Crippen molar-refractivity contribution in [2.24, 2.45) is 0 Å². The molecule has 5 rings (SSSR count). The van der Waals surface area contributed by atoms with Gasteiger partial charge >= 0.3 is 0 Å². The average molecular weight is 453 g/mol. The third-order valence-electron chi connectivity index (χ3n) is 5.24. The normalized spacial score (nSPS) is 10.8. The number of nitro groups is 1. The number of nitrogens with zero attached hydrogens (tertiary/aromatic N) is 3. The van der Waals surface area contributed by atoms with E-state index in [1.54, 1.807) is 18.2 Å². The molecule has 160 valence electrons. The van der Waals surface area contributed by atoms with Gasteiger partial charge in [-0.15, -0.1) is 0 Å². The van der Waals surface area contributed by atoms with Crippen LogP contribution in [0.15, 0.2) is 97.1 Å². The van der Waals surface area contributed by atoms with Crippen molar-refractivity contribution in [3.05, 3.63) is 112 Å². The summed E-state index contributed by atoms with van der Waals surface area (Å²) < 4.78 is 0. The molecule has 0 saturated carbocycles. The number of nitrogens with one attached hydrogen (secondary N) is 1. The van der Waals surface area contributed by atoms with Crippen molar-refractivity contribution in [2.45, 2.75) is 0 Å². The molecule has 5 aromatic rings. The van der Waals surface area contributed by atoms with Crippen LogP contribution in [0.4, 0.5) is 5.69 Å². The number of benzene rings is 4. The van der Waals surface area contributed by atoms with E-state index in [0.29, 0.717) is 27.4 Å².